The third-order valence-electron chi connectivity index (χ3n) is 4.38. The van der Waals surface area contributed by atoms with Crippen LogP contribution in [-0.4, -0.2) is 22.7 Å². The van der Waals surface area contributed by atoms with Crippen LogP contribution < -0.4 is 5.32 Å². The highest BCUT2D eigenvalue weighted by Gasteiger charge is 2.22. The van der Waals surface area contributed by atoms with Crippen LogP contribution >= 0.6 is 11.8 Å². The van der Waals surface area contributed by atoms with Crippen LogP contribution in [0.3, 0.4) is 0 Å². The summed E-state index contributed by atoms with van der Waals surface area (Å²) in [6.45, 7) is 2.24. The number of benzene rings is 1. The first-order chi connectivity index (χ1) is 10.7. The Labute approximate surface area is 135 Å². The molecule has 1 N–H and O–H groups in total. The fourth-order valence-electron chi connectivity index (χ4n) is 3.05. The maximum atomic E-state index is 12.1. The molecule has 116 valence electrons. The third-order valence-corrected chi connectivity index (χ3v) is 5.31. The van der Waals surface area contributed by atoms with Crippen LogP contribution in [0.1, 0.15) is 32.6 Å². The predicted octanol–water partition coefficient (Wildman–Crippen LogP) is 4.02. The predicted molar refractivity (Wildman–Crippen MR) is 92.0 cm³/mol. The van der Waals surface area contributed by atoms with Crippen molar-refractivity contribution in [1.29, 1.82) is 0 Å². The number of rotatable bonds is 4. The Hall–Kier alpha value is -1.55. The van der Waals surface area contributed by atoms with Crippen molar-refractivity contribution in [3.8, 4) is 0 Å². The summed E-state index contributed by atoms with van der Waals surface area (Å²) in [5, 5.41) is 5.23. The van der Waals surface area contributed by atoms with Gasteiger partial charge < -0.3 is 5.32 Å². The highest BCUT2D eigenvalue weighted by Crippen LogP contribution is 2.24. The number of carbonyl (C=O) groups is 1. The first-order valence-electron chi connectivity index (χ1n) is 8.00. The molecule has 1 aromatic carbocycles. The van der Waals surface area contributed by atoms with Gasteiger partial charge in [-0.15, -0.1) is 0 Å². The number of amides is 1. The maximum Gasteiger partial charge on any atom is 0.230 e. The Morgan fingerprint density at radius 3 is 2.91 bits per heavy atom. The zero-order valence-electron chi connectivity index (χ0n) is 12.9. The van der Waals surface area contributed by atoms with E-state index in [1.54, 1.807) is 0 Å². The van der Waals surface area contributed by atoms with Gasteiger partial charge in [0.2, 0.25) is 5.91 Å². The number of para-hydroxylation sites is 1. The van der Waals surface area contributed by atoms with Gasteiger partial charge in [0, 0.05) is 11.4 Å². The number of carbonyl (C=O) groups excluding carboxylic acids is 1. The molecule has 1 saturated carbocycles. The topological polar surface area (TPSA) is 42.0 Å². The van der Waals surface area contributed by atoms with Crippen molar-refractivity contribution in [3.63, 3.8) is 0 Å². The summed E-state index contributed by atoms with van der Waals surface area (Å²) in [6.07, 6.45) is 4.87. The molecule has 1 aliphatic rings. The average molecular weight is 314 g/mol. The quantitative estimate of drug-likeness (QED) is 0.867. The summed E-state index contributed by atoms with van der Waals surface area (Å²) < 4.78 is 0. The molecule has 2 aromatic rings. The summed E-state index contributed by atoms with van der Waals surface area (Å²) in [5.41, 5.74) is 0.980. The van der Waals surface area contributed by atoms with E-state index in [1.165, 1.54) is 31.0 Å². The van der Waals surface area contributed by atoms with Crippen molar-refractivity contribution in [2.75, 3.05) is 5.75 Å². The van der Waals surface area contributed by atoms with Gasteiger partial charge in [0.25, 0.3) is 0 Å². The minimum atomic E-state index is 0.124. The number of nitrogens with one attached hydrogen (secondary N) is 1. The van der Waals surface area contributed by atoms with Gasteiger partial charge in [-0.2, -0.15) is 0 Å². The van der Waals surface area contributed by atoms with E-state index in [-0.39, 0.29) is 5.91 Å². The van der Waals surface area contributed by atoms with Crippen molar-refractivity contribution in [3.05, 3.63) is 36.4 Å². The number of pyridine rings is 1. The Kier molecular flexibility index (Phi) is 4.98. The molecule has 1 aromatic heterocycles. The molecule has 0 bridgehead atoms. The van der Waals surface area contributed by atoms with Crippen molar-refractivity contribution in [1.82, 2.24) is 10.3 Å². The molecule has 0 spiro atoms. The molecular weight excluding hydrogens is 292 g/mol. The second-order valence-corrected chi connectivity index (χ2v) is 7.06. The standard InChI is InChI=1S/C18H22N2OS/c1-13-6-2-4-8-15(13)19-17(21)12-22-18-11-10-14-7-3-5-9-16(14)20-18/h3,5,7,9-11,13,15H,2,4,6,8,12H2,1H3,(H,19,21). The Morgan fingerprint density at radius 1 is 1.23 bits per heavy atom. The van der Waals surface area contributed by atoms with Crippen LogP contribution in [0, 0.1) is 5.92 Å². The SMILES string of the molecule is CC1CCCCC1NC(=O)CSc1ccc2ccccc2n1. The molecule has 1 fully saturated rings. The lowest BCUT2D eigenvalue weighted by molar-refractivity contribution is -0.119. The number of hydrogen-bond donors (Lipinski definition) is 1. The minimum absolute atomic E-state index is 0.124. The molecule has 0 saturated heterocycles. The van der Waals surface area contributed by atoms with Crippen molar-refractivity contribution in [2.24, 2.45) is 5.92 Å². The van der Waals surface area contributed by atoms with E-state index >= 15 is 0 Å². The molecule has 4 heteroatoms. The van der Waals surface area contributed by atoms with Crippen molar-refractivity contribution < 1.29 is 4.79 Å². The average Bonchev–Trinajstić information content (AvgIpc) is 2.55. The molecule has 1 aliphatic carbocycles. The molecule has 2 unspecified atom stereocenters. The lowest BCUT2D eigenvalue weighted by Gasteiger charge is -2.29. The molecule has 0 aliphatic heterocycles. The van der Waals surface area contributed by atoms with Crippen LogP contribution in [0.15, 0.2) is 41.4 Å². The minimum Gasteiger partial charge on any atom is -0.352 e. The molecule has 1 heterocycles. The van der Waals surface area contributed by atoms with Crippen LogP contribution in [-0.2, 0) is 4.79 Å². The van der Waals surface area contributed by atoms with E-state index in [0.29, 0.717) is 17.7 Å². The van der Waals surface area contributed by atoms with E-state index in [2.05, 4.69) is 23.3 Å². The Morgan fingerprint density at radius 2 is 2.05 bits per heavy atom. The lowest BCUT2D eigenvalue weighted by atomic mass is 9.86. The second kappa shape index (κ2) is 7.14. The van der Waals surface area contributed by atoms with Crippen LogP contribution in [0.2, 0.25) is 0 Å². The number of fused-ring (bicyclic) bond motifs is 1. The third kappa shape index (κ3) is 3.80. The van der Waals surface area contributed by atoms with Gasteiger partial charge in [0.05, 0.1) is 16.3 Å². The zero-order chi connectivity index (χ0) is 15.4. The zero-order valence-corrected chi connectivity index (χ0v) is 13.7. The molecule has 3 rings (SSSR count). The molecule has 2 atom stereocenters. The van der Waals surface area contributed by atoms with E-state index in [0.717, 1.165) is 22.3 Å². The molecule has 1 amide bonds. The van der Waals surface area contributed by atoms with Crippen LogP contribution in [0.4, 0.5) is 0 Å². The van der Waals surface area contributed by atoms with E-state index < -0.39 is 0 Å². The monoisotopic (exact) mass is 314 g/mol. The second-order valence-electron chi connectivity index (χ2n) is 6.07. The summed E-state index contributed by atoms with van der Waals surface area (Å²) in [7, 11) is 0. The van der Waals surface area contributed by atoms with Crippen molar-refractivity contribution in [2.45, 2.75) is 43.7 Å². The number of nitrogens with zero attached hydrogens (tertiary/aromatic N) is 1. The molecule has 22 heavy (non-hydrogen) atoms. The first-order valence-corrected chi connectivity index (χ1v) is 8.99. The van der Waals surface area contributed by atoms with Gasteiger partial charge in [0.1, 0.15) is 0 Å². The van der Waals surface area contributed by atoms with Gasteiger partial charge in [-0.1, -0.05) is 55.8 Å². The fraction of sp³-hybridized carbons (Fsp3) is 0.444. The molecular formula is C18H22N2OS. The van der Waals surface area contributed by atoms with Crippen LogP contribution in [0.5, 0.6) is 0 Å². The molecule has 0 radical (unpaired) electrons. The lowest BCUT2D eigenvalue weighted by Crippen LogP contribution is -2.41. The number of aromatic nitrogens is 1. The first kappa shape index (κ1) is 15.3. The number of hydrogen-bond acceptors (Lipinski definition) is 3. The highest BCUT2D eigenvalue weighted by atomic mass is 32.2. The van der Waals surface area contributed by atoms with Crippen LogP contribution in [0.25, 0.3) is 10.9 Å². The fourth-order valence-corrected chi connectivity index (χ4v) is 3.74. The summed E-state index contributed by atoms with van der Waals surface area (Å²) in [6, 6.07) is 12.5. The van der Waals surface area contributed by atoms with Gasteiger partial charge in [-0.05, 0) is 30.9 Å². The highest BCUT2D eigenvalue weighted by molar-refractivity contribution is 7.99. The number of thioether (sulfide) groups is 1. The Balaban J connectivity index is 1.55. The normalized spacial score (nSPS) is 21.7. The van der Waals surface area contributed by atoms with Crippen molar-refractivity contribution >= 4 is 28.6 Å². The summed E-state index contributed by atoms with van der Waals surface area (Å²) in [4.78, 5) is 16.7. The molecule has 3 nitrogen and oxygen atoms in total. The van der Waals surface area contributed by atoms with Gasteiger partial charge in [0.15, 0.2) is 0 Å². The van der Waals surface area contributed by atoms with Gasteiger partial charge in [-0.3, -0.25) is 4.79 Å². The van der Waals surface area contributed by atoms with E-state index in [4.69, 9.17) is 0 Å². The maximum absolute atomic E-state index is 12.1. The smallest absolute Gasteiger partial charge is 0.230 e. The van der Waals surface area contributed by atoms with E-state index in [1.807, 2.05) is 30.3 Å². The van der Waals surface area contributed by atoms with E-state index in [9.17, 15) is 4.79 Å². The summed E-state index contributed by atoms with van der Waals surface area (Å²) >= 11 is 1.51. The Bertz CT molecular complexity index is 658. The largest absolute Gasteiger partial charge is 0.352 e. The summed E-state index contributed by atoms with van der Waals surface area (Å²) in [5.74, 6) is 1.16. The van der Waals surface area contributed by atoms with Gasteiger partial charge >= 0.3 is 0 Å². The van der Waals surface area contributed by atoms with Gasteiger partial charge in [-0.25, -0.2) is 4.98 Å².